The van der Waals surface area contributed by atoms with E-state index in [-0.39, 0.29) is 6.04 Å². The summed E-state index contributed by atoms with van der Waals surface area (Å²) in [6, 6.07) is 0.0741. The van der Waals surface area contributed by atoms with E-state index in [0.717, 1.165) is 25.3 Å². The van der Waals surface area contributed by atoms with E-state index in [1.165, 1.54) is 0 Å². The van der Waals surface area contributed by atoms with Crippen molar-refractivity contribution in [2.24, 2.45) is 5.73 Å². The molecular weight excluding hydrogens is 180 g/mol. The first-order valence-electron chi connectivity index (χ1n) is 5.04. The second kappa shape index (κ2) is 4.06. The van der Waals surface area contributed by atoms with Gasteiger partial charge in [-0.2, -0.15) is 4.98 Å². The molecule has 0 aliphatic carbocycles. The molecule has 0 bridgehead atoms. The van der Waals surface area contributed by atoms with E-state index in [9.17, 15) is 0 Å². The van der Waals surface area contributed by atoms with Crippen LogP contribution in [0.3, 0.4) is 0 Å². The number of nitrogens with two attached hydrogens (primary N) is 1. The Labute approximate surface area is 83.1 Å². The molecule has 1 aliphatic heterocycles. The molecule has 2 unspecified atom stereocenters. The van der Waals surface area contributed by atoms with Gasteiger partial charge < -0.3 is 15.6 Å². The van der Waals surface area contributed by atoms with Crippen LogP contribution in [0.1, 0.15) is 31.0 Å². The van der Waals surface area contributed by atoms with Gasteiger partial charge in [0.2, 0.25) is 5.89 Å². The molecule has 1 saturated heterocycles. The van der Waals surface area contributed by atoms with Crippen molar-refractivity contribution >= 4 is 0 Å². The van der Waals surface area contributed by atoms with Gasteiger partial charge in [0.05, 0.1) is 0 Å². The van der Waals surface area contributed by atoms with Crippen molar-refractivity contribution in [3.63, 3.8) is 0 Å². The van der Waals surface area contributed by atoms with Crippen LogP contribution < -0.4 is 11.1 Å². The Bertz CT molecular complexity index is 291. The van der Waals surface area contributed by atoms with Gasteiger partial charge in [-0.15, -0.1) is 0 Å². The third-order valence-electron chi connectivity index (χ3n) is 2.41. The van der Waals surface area contributed by atoms with Gasteiger partial charge in [-0.05, 0) is 19.9 Å². The number of hydrogen-bond donors (Lipinski definition) is 2. The van der Waals surface area contributed by atoms with Gasteiger partial charge in [0.25, 0.3) is 0 Å². The zero-order valence-corrected chi connectivity index (χ0v) is 8.36. The van der Waals surface area contributed by atoms with E-state index >= 15 is 0 Å². The minimum atomic E-state index is 0.0741. The average Bonchev–Trinajstić information content (AvgIpc) is 2.69. The fraction of sp³-hybridized carbons (Fsp3) is 0.778. The van der Waals surface area contributed by atoms with Gasteiger partial charge in [-0.1, -0.05) is 5.16 Å². The molecule has 1 aliphatic rings. The van der Waals surface area contributed by atoms with Crippen LogP contribution in [0, 0.1) is 0 Å². The number of rotatable bonds is 3. The van der Waals surface area contributed by atoms with Crippen molar-refractivity contribution in [3.8, 4) is 0 Å². The molecule has 78 valence electrons. The van der Waals surface area contributed by atoms with Crippen molar-refractivity contribution in [1.29, 1.82) is 0 Å². The minimum absolute atomic E-state index is 0.0741. The quantitative estimate of drug-likeness (QED) is 0.713. The number of nitrogens with zero attached hydrogens (tertiary/aromatic N) is 2. The number of nitrogens with one attached hydrogen (secondary N) is 1. The van der Waals surface area contributed by atoms with Gasteiger partial charge in [-0.3, -0.25) is 0 Å². The van der Waals surface area contributed by atoms with Gasteiger partial charge in [0, 0.05) is 24.9 Å². The highest BCUT2D eigenvalue weighted by Crippen LogP contribution is 2.19. The van der Waals surface area contributed by atoms with Crippen molar-refractivity contribution in [2.75, 3.05) is 13.1 Å². The van der Waals surface area contributed by atoms with E-state index < -0.39 is 0 Å². The molecule has 1 aromatic heterocycles. The van der Waals surface area contributed by atoms with Crippen LogP contribution in [0.2, 0.25) is 0 Å². The maximum Gasteiger partial charge on any atom is 0.228 e. The van der Waals surface area contributed by atoms with Crippen molar-refractivity contribution in [3.05, 3.63) is 11.7 Å². The minimum Gasteiger partial charge on any atom is -0.339 e. The molecule has 0 radical (unpaired) electrons. The molecule has 5 heteroatoms. The second-order valence-corrected chi connectivity index (χ2v) is 3.92. The van der Waals surface area contributed by atoms with E-state index in [1.54, 1.807) is 0 Å². The van der Waals surface area contributed by atoms with Gasteiger partial charge in [0.1, 0.15) is 0 Å². The van der Waals surface area contributed by atoms with Crippen LogP contribution >= 0.6 is 0 Å². The summed E-state index contributed by atoms with van der Waals surface area (Å²) in [5, 5.41) is 7.24. The molecule has 2 heterocycles. The Morgan fingerprint density at radius 3 is 3.21 bits per heavy atom. The van der Waals surface area contributed by atoms with Crippen molar-refractivity contribution in [1.82, 2.24) is 15.5 Å². The summed E-state index contributed by atoms with van der Waals surface area (Å²) in [7, 11) is 0. The van der Waals surface area contributed by atoms with Crippen LogP contribution in [0.5, 0.6) is 0 Å². The second-order valence-electron chi connectivity index (χ2n) is 3.92. The predicted octanol–water partition coefficient (Wildman–Crippen LogP) is 0.0362. The van der Waals surface area contributed by atoms with Crippen LogP contribution in [-0.2, 0) is 6.42 Å². The zero-order chi connectivity index (χ0) is 9.97. The maximum atomic E-state index is 5.65. The zero-order valence-electron chi connectivity index (χ0n) is 8.36. The predicted molar refractivity (Wildman–Crippen MR) is 51.9 cm³/mol. The summed E-state index contributed by atoms with van der Waals surface area (Å²) in [5.74, 6) is 1.90. The molecule has 1 fully saturated rings. The van der Waals surface area contributed by atoms with Gasteiger partial charge in [0.15, 0.2) is 5.82 Å². The van der Waals surface area contributed by atoms with Crippen LogP contribution in [-0.4, -0.2) is 29.3 Å². The molecule has 5 nitrogen and oxygen atoms in total. The summed E-state index contributed by atoms with van der Waals surface area (Å²) in [4.78, 5) is 4.33. The highest BCUT2D eigenvalue weighted by atomic mass is 16.5. The molecule has 0 spiro atoms. The summed E-state index contributed by atoms with van der Waals surface area (Å²) < 4.78 is 5.12. The Kier molecular flexibility index (Phi) is 2.79. The van der Waals surface area contributed by atoms with Crippen LogP contribution in [0.4, 0.5) is 0 Å². The molecule has 0 amide bonds. The van der Waals surface area contributed by atoms with Gasteiger partial charge >= 0.3 is 0 Å². The molecule has 0 saturated carbocycles. The van der Waals surface area contributed by atoms with E-state index in [4.69, 9.17) is 10.3 Å². The SMILES string of the molecule is CC(N)Cc1nc(C2CCNC2)no1. The third kappa shape index (κ3) is 2.10. The fourth-order valence-electron chi connectivity index (χ4n) is 1.67. The Hall–Kier alpha value is -0.940. The standard InChI is InChI=1S/C9H16N4O/c1-6(10)4-8-12-9(13-14-8)7-2-3-11-5-7/h6-7,11H,2-5,10H2,1H3. The van der Waals surface area contributed by atoms with Crippen LogP contribution in [0.15, 0.2) is 4.52 Å². The number of hydrogen-bond acceptors (Lipinski definition) is 5. The lowest BCUT2D eigenvalue weighted by Crippen LogP contribution is -2.18. The first-order chi connectivity index (χ1) is 6.75. The highest BCUT2D eigenvalue weighted by molar-refractivity contribution is 4.99. The molecule has 2 atom stereocenters. The first-order valence-corrected chi connectivity index (χ1v) is 5.04. The molecule has 1 aromatic rings. The van der Waals surface area contributed by atoms with E-state index in [1.807, 2.05) is 6.92 Å². The van der Waals surface area contributed by atoms with E-state index in [0.29, 0.717) is 18.2 Å². The normalized spacial score (nSPS) is 24.0. The lowest BCUT2D eigenvalue weighted by atomic mass is 10.1. The summed E-state index contributed by atoms with van der Waals surface area (Å²) in [5.41, 5.74) is 5.65. The first kappa shape index (κ1) is 9.61. The molecule has 3 N–H and O–H groups in total. The molecule has 14 heavy (non-hydrogen) atoms. The molecule has 2 rings (SSSR count). The highest BCUT2D eigenvalue weighted by Gasteiger charge is 2.22. The smallest absolute Gasteiger partial charge is 0.228 e. The topological polar surface area (TPSA) is 77.0 Å². The lowest BCUT2D eigenvalue weighted by molar-refractivity contribution is 0.364. The van der Waals surface area contributed by atoms with Crippen molar-refractivity contribution in [2.45, 2.75) is 31.7 Å². The summed E-state index contributed by atoms with van der Waals surface area (Å²) >= 11 is 0. The van der Waals surface area contributed by atoms with Gasteiger partial charge in [-0.25, -0.2) is 0 Å². The lowest BCUT2D eigenvalue weighted by Gasteiger charge is -1.99. The van der Waals surface area contributed by atoms with E-state index in [2.05, 4.69) is 15.5 Å². The Balaban J connectivity index is 2.01. The molecule has 0 aromatic carbocycles. The van der Waals surface area contributed by atoms with Crippen LogP contribution in [0.25, 0.3) is 0 Å². The Morgan fingerprint density at radius 1 is 1.71 bits per heavy atom. The Morgan fingerprint density at radius 2 is 2.57 bits per heavy atom. The summed E-state index contributed by atoms with van der Waals surface area (Å²) in [6.45, 7) is 3.93. The molecular formula is C9H16N4O. The largest absolute Gasteiger partial charge is 0.339 e. The third-order valence-corrected chi connectivity index (χ3v) is 2.41. The summed E-state index contributed by atoms with van der Waals surface area (Å²) in [6.07, 6.45) is 1.75. The number of aromatic nitrogens is 2. The van der Waals surface area contributed by atoms with Crippen molar-refractivity contribution < 1.29 is 4.52 Å². The maximum absolute atomic E-state index is 5.65. The monoisotopic (exact) mass is 196 g/mol. The fourth-order valence-corrected chi connectivity index (χ4v) is 1.67. The average molecular weight is 196 g/mol.